The summed E-state index contributed by atoms with van der Waals surface area (Å²) in [6.45, 7) is 2.23. The number of halogens is 2. The number of hydrogen-bond donors (Lipinski definition) is 1. The highest BCUT2D eigenvalue weighted by molar-refractivity contribution is 7.99. The van der Waals surface area contributed by atoms with Crippen molar-refractivity contribution in [3.8, 4) is 5.75 Å². The number of amides is 1. The number of fused-ring (bicyclic) bond motifs is 3. The van der Waals surface area contributed by atoms with Gasteiger partial charge >= 0.3 is 0 Å². The smallest absolute Gasteiger partial charge is 0.278 e. The van der Waals surface area contributed by atoms with Crippen LogP contribution in [-0.2, 0) is 18.4 Å². The Morgan fingerprint density at radius 2 is 2.06 bits per heavy atom. The minimum atomic E-state index is -0.620. The zero-order valence-electron chi connectivity index (χ0n) is 17.6. The van der Waals surface area contributed by atoms with E-state index >= 15 is 0 Å². The maximum absolute atomic E-state index is 14.0. The molecule has 4 aromatic rings. The van der Waals surface area contributed by atoms with Gasteiger partial charge in [-0.15, -0.1) is 0 Å². The van der Waals surface area contributed by atoms with Crippen molar-refractivity contribution in [2.24, 2.45) is 7.05 Å². The second-order valence-electron chi connectivity index (χ2n) is 7.04. The summed E-state index contributed by atoms with van der Waals surface area (Å²) in [5.74, 6) is -0.433. The molecule has 4 rings (SSSR count). The molecule has 1 amide bonds. The Morgan fingerprint density at radius 1 is 1.28 bits per heavy atom. The summed E-state index contributed by atoms with van der Waals surface area (Å²) in [7, 11) is 3.40. The number of nitrogens with one attached hydrogen (secondary N) is 1. The Balaban J connectivity index is 1.69. The molecular formula is C22H20ClFN4O3S. The molecule has 0 saturated heterocycles. The van der Waals surface area contributed by atoms with E-state index in [1.165, 1.54) is 16.7 Å². The van der Waals surface area contributed by atoms with E-state index in [0.29, 0.717) is 28.5 Å². The van der Waals surface area contributed by atoms with Crippen LogP contribution in [0.5, 0.6) is 5.75 Å². The molecule has 2 aromatic carbocycles. The number of benzene rings is 2. The molecule has 0 saturated carbocycles. The van der Waals surface area contributed by atoms with E-state index in [9.17, 15) is 14.0 Å². The van der Waals surface area contributed by atoms with Crippen molar-refractivity contribution in [3.63, 3.8) is 0 Å². The number of rotatable bonds is 6. The Kier molecular flexibility index (Phi) is 6.12. The van der Waals surface area contributed by atoms with E-state index in [-0.39, 0.29) is 22.0 Å². The lowest BCUT2D eigenvalue weighted by atomic mass is 10.2. The first-order chi connectivity index (χ1) is 15.3. The van der Waals surface area contributed by atoms with Gasteiger partial charge in [0.15, 0.2) is 5.16 Å². The summed E-state index contributed by atoms with van der Waals surface area (Å²) < 4.78 is 22.6. The third kappa shape index (κ3) is 3.93. The second kappa shape index (κ2) is 8.84. The van der Waals surface area contributed by atoms with Crippen molar-refractivity contribution >= 4 is 56.9 Å². The summed E-state index contributed by atoms with van der Waals surface area (Å²) in [4.78, 5) is 30.4. The average Bonchev–Trinajstić information content (AvgIpc) is 3.05. The summed E-state index contributed by atoms with van der Waals surface area (Å²) in [5, 5.41) is 3.96. The van der Waals surface area contributed by atoms with E-state index < -0.39 is 11.7 Å². The standard InChI is InChI=1S/C22H20ClFN4O3S/c1-4-28-21(30)20-19(14-10-13(31-3)6-8-17(14)27(20)2)26-22(28)32-11-18(29)25-16-7-5-12(23)9-15(16)24/h5-10H,4,11H2,1-3H3,(H,25,29). The normalized spacial score (nSPS) is 11.3. The topological polar surface area (TPSA) is 78.2 Å². The van der Waals surface area contributed by atoms with Crippen LogP contribution in [0, 0.1) is 5.82 Å². The number of anilines is 1. The zero-order chi connectivity index (χ0) is 23.0. The molecule has 0 aliphatic carbocycles. The molecular weight excluding hydrogens is 455 g/mol. The van der Waals surface area contributed by atoms with Crippen molar-refractivity contribution in [2.45, 2.75) is 18.6 Å². The molecule has 0 unspecified atom stereocenters. The number of aromatic nitrogens is 3. The quantitative estimate of drug-likeness (QED) is 0.330. The van der Waals surface area contributed by atoms with E-state index in [0.717, 1.165) is 28.7 Å². The lowest BCUT2D eigenvalue weighted by molar-refractivity contribution is -0.113. The highest BCUT2D eigenvalue weighted by Gasteiger charge is 2.19. The van der Waals surface area contributed by atoms with Gasteiger partial charge in [-0.25, -0.2) is 9.37 Å². The van der Waals surface area contributed by atoms with Gasteiger partial charge in [0, 0.05) is 24.0 Å². The minimum Gasteiger partial charge on any atom is -0.497 e. The van der Waals surface area contributed by atoms with Gasteiger partial charge in [-0.1, -0.05) is 23.4 Å². The number of ether oxygens (including phenoxy) is 1. The molecule has 10 heteroatoms. The van der Waals surface area contributed by atoms with E-state index in [4.69, 9.17) is 21.3 Å². The molecule has 32 heavy (non-hydrogen) atoms. The van der Waals surface area contributed by atoms with Gasteiger partial charge < -0.3 is 14.6 Å². The van der Waals surface area contributed by atoms with Crippen LogP contribution in [0.2, 0.25) is 5.02 Å². The Bertz CT molecular complexity index is 1420. The Hall–Kier alpha value is -3.04. The number of nitrogens with zero attached hydrogens (tertiary/aromatic N) is 3. The van der Waals surface area contributed by atoms with Gasteiger partial charge in [0.25, 0.3) is 5.56 Å². The number of methoxy groups -OCH3 is 1. The number of carbonyl (C=O) groups excluding carboxylic acids is 1. The fraction of sp³-hybridized carbons (Fsp3) is 0.227. The van der Waals surface area contributed by atoms with Crippen molar-refractivity contribution in [1.82, 2.24) is 14.1 Å². The molecule has 0 spiro atoms. The van der Waals surface area contributed by atoms with Gasteiger partial charge in [-0.3, -0.25) is 14.2 Å². The molecule has 0 bridgehead atoms. The lowest BCUT2D eigenvalue weighted by Crippen LogP contribution is -2.24. The Labute approximate surface area is 192 Å². The highest BCUT2D eigenvalue weighted by Crippen LogP contribution is 2.30. The van der Waals surface area contributed by atoms with Crippen LogP contribution < -0.4 is 15.6 Å². The molecule has 1 N–H and O–H groups in total. The minimum absolute atomic E-state index is 0.0393. The van der Waals surface area contributed by atoms with Gasteiger partial charge in [-0.2, -0.15) is 0 Å². The summed E-state index contributed by atoms with van der Waals surface area (Å²) in [5.41, 5.74) is 1.72. The summed E-state index contributed by atoms with van der Waals surface area (Å²) >= 11 is 6.86. The van der Waals surface area contributed by atoms with Crippen LogP contribution in [-0.4, -0.2) is 32.9 Å². The van der Waals surface area contributed by atoms with Crippen LogP contribution in [0.25, 0.3) is 21.9 Å². The molecule has 2 aromatic heterocycles. The van der Waals surface area contributed by atoms with Crippen molar-refractivity contribution in [1.29, 1.82) is 0 Å². The molecule has 166 valence electrons. The third-order valence-electron chi connectivity index (χ3n) is 5.12. The number of carbonyl (C=O) groups is 1. The van der Waals surface area contributed by atoms with Gasteiger partial charge in [-0.05, 0) is 43.3 Å². The summed E-state index contributed by atoms with van der Waals surface area (Å²) in [6, 6.07) is 9.57. The first-order valence-electron chi connectivity index (χ1n) is 9.78. The fourth-order valence-corrected chi connectivity index (χ4v) is 4.57. The zero-order valence-corrected chi connectivity index (χ0v) is 19.2. The largest absolute Gasteiger partial charge is 0.497 e. The average molecular weight is 475 g/mol. The molecule has 0 atom stereocenters. The predicted molar refractivity (Wildman–Crippen MR) is 125 cm³/mol. The maximum atomic E-state index is 14.0. The molecule has 7 nitrogen and oxygen atoms in total. The predicted octanol–water partition coefficient (Wildman–Crippen LogP) is 4.44. The maximum Gasteiger partial charge on any atom is 0.278 e. The van der Waals surface area contributed by atoms with Crippen molar-refractivity contribution < 1.29 is 13.9 Å². The van der Waals surface area contributed by atoms with Gasteiger partial charge in [0.1, 0.15) is 22.6 Å². The van der Waals surface area contributed by atoms with Gasteiger partial charge in [0.05, 0.1) is 24.1 Å². The van der Waals surface area contributed by atoms with E-state index in [1.54, 1.807) is 7.11 Å². The van der Waals surface area contributed by atoms with Crippen molar-refractivity contribution in [2.75, 3.05) is 18.2 Å². The summed E-state index contributed by atoms with van der Waals surface area (Å²) in [6.07, 6.45) is 0. The van der Waals surface area contributed by atoms with Crippen LogP contribution >= 0.6 is 23.4 Å². The van der Waals surface area contributed by atoms with Crippen LogP contribution in [0.15, 0.2) is 46.3 Å². The third-order valence-corrected chi connectivity index (χ3v) is 6.33. The molecule has 0 fully saturated rings. The SMILES string of the molecule is CCn1c(SCC(=O)Nc2ccc(Cl)cc2F)nc2c3cc(OC)ccc3n(C)c2c1=O. The molecule has 0 radical (unpaired) electrons. The monoisotopic (exact) mass is 474 g/mol. The Morgan fingerprint density at radius 3 is 2.75 bits per heavy atom. The lowest BCUT2D eigenvalue weighted by Gasteiger charge is -2.11. The molecule has 0 aliphatic rings. The molecule has 0 aliphatic heterocycles. The van der Waals surface area contributed by atoms with Gasteiger partial charge in [0.2, 0.25) is 5.91 Å². The van der Waals surface area contributed by atoms with Crippen LogP contribution in [0.1, 0.15) is 6.92 Å². The van der Waals surface area contributed by atoms with E-state index in [1.807, 2.05) is 36.7 Å². The number of aryl methyl sites for hydroxylation is 1. The molecule has 2 heterocycles. The van der Waals surface area contributed by atoms with Crippen LogP contribution in [0.4, 0.5) is 10.1 Å². The fourth-order valence-electron chi connectivity index (χ4n) is 3.56. The van der Waals surface area contributed by atoms with E-state index in [2.05, 4.69) is 5.32 Å². The first-order valence-corrected chi connectivity index (χ1v) is 11.1. The first kappa shape index (κ1) is 22.2. The second-order valence-corrected chi connectivity index (χ2v) is 8.42. The highest BCUT2D eigenvalue weighted by atomic mass is 35.5. The number of thioether (sulfide) groups is 1. The van der Waals surface area contributed by atoms with Crippen LogP contribution in [0.3, 0.4) is 0 Å². The van der Waals surface area contributed by atoms with Crippen molar-refractivity contribution in [3.05, 3.63) is 57.6 Å². The number of hydrogen-bond acceptors (Lipinski definition) is 5.